The first-order valence-electron chi connectivity index (χ1n) is 6.61. The van der Waals surface area contributed by atoms with Crippen LogP contribution in [0.3, 0.4) is 0 Å². The molecule has 0 unspecified atom stereocenters. The largest absolute Gasteiger partial charge is 0.250 e. The van der Waals surface area contributed by atoms with Crippen molar-refractivity contribution in [3.05, 3.63) is 65.5 Å². The van der Waals surface area contributed by atoms with Crippen LogP contribution in [-0.2, 0) is 10.0 Å². The van der Waals surface area contributed by atoms with Gasteiger partial charge in [-0.15, -0.1) is 11.3 Å². The fourth-order valence-corrected chi connectivity index (χ4v) is 4.49. The monoisotopic (exact) mass is 317 g/mol. The van der Waals surface area contributed by atoms with Crippen molar-refractivity contribution in [3.63, 3.8) is 0 Å². The van der Waals surface area contributed by atoms with Gasteiger partial charge in [-0.25, -0.2) is 13.1 Å². The Morgan fingerprint density at radius 3 is 2.48 bits per heavy atom. The van der Waals surface area contributed by atoms with Crippen LogP contribution < -0.4 is 4.72 Å². The van der Waals surface area contributed by atoms with Crippen LogP contribution in [0.4, 0.5) is 0 Å². The van der Waals surface area contributed by atoms with E-state index in [1.54, 1.807) is 17.5 Å². The molecule has 3 rings (SSSR count). The summed E-state index contributed by atoms with van der Waals surface area (Å²) in [5.41, 5.74) is 0.953. The molecule has 0 radical (unpaired) electrons. The molecule has 2 aromatic carbocycles. The van der Waals surface area contributed by atoms with E-state index in [0.717, 1.165) is 16.3 Å². The molecular weight excluding hydrogens is 302 g/mol. The molecule has 0 spiro atoms. The van der Waals surface area contributed by atoms with Crippen molar-refractivity contribution in [1.82, 2.24) is 4.72 Å². The minimum atomic E-state index is -3.45. The van der Waals surface area contributed by atoms with Gasteiger partial charge in [-0.1, -0.05) is 42.5 Å². The zero-order chi connectivity index (χ0) is 14.9. The number of hydrogen-bond donors (Lipinski definition) is 1. The van der Waals surface area contributed by atoms with Crippen molar-refractivity contribution >= 4 is 32.1 Å². The van der Waals surface area contributed by atoms with E-state index in [-0.39, 0.29) is 6.04 Å². The molecule has 1 heterocycles. The Morgan fingerprint density at radius 1 is 1.00 bits per heavy atom. The Morgan fingerprint density at radius 2 is 1.76 bits per heavy atom. The summed E-state index contributed by atoms with van der Waals surface area (Å²) in [5.74, 6) is 0. The van der Waals surface area contributed by atoms with E-state index in [4.69, 9.17) is 0 Å². The molecule has 0 amide bonds. The quantitative estimate of drug-likeness (QED) is 0.792. The van der Waals surface area contributed by atoms with E-state index in [2.05, 4.69) is 4.72 Å². The van der Waals surface area contributed by atoms with Gasteiger partial charge in [-0.2, -0.15) is 0 Å². The van der Waals surface area contributed by atoms with E-state index in [0.29, 0.717) is 4.21 Å². The summed E-state index contributed by atoms with van der Waals surface area (Å²) in [6.07, 6.45) is 0. The van der Waals surface area contributed by atoms with E-state index >= 15 is 0 Å². The highest BCUT2D eigenvalue weighted by Gasteiger charge is 2.19. The normalized spacial score (nSPS) is 13.4. The predicted octanol–water partition coefficient (Wildman–Crippen LogP) is 3.94. The van der Waals surface area contributed by atoms with Gasteiger partial charge in [0, 0.05) is 6.04 Å². The molecule has 1 N–H and O–H groups in total. The van der Waals surface area contributed by atoms with Crippen molar-refractivity contribution in [1.29, 1.82) is 0 Å². The van der Waals surface area contributed by atoms with Gasteiger partial charge in [-0.05, 0) is 40.8 Å². The van der Waals surface area contributed by atoms with Crippen LogP contribution in [0.5, 0.6) is 0 Å². The van der Waals surface area contributed by atoms with Crippen molar-refractivity contribution < 1.29 is 8.42 Å². The summed E-state index contributed by atoms with van der Waals surface area (Å²) < 4.78 is 27.5. The number of fused-ring (bicyclic) bond motifs is 1. The Bertz CT molecular complexity index is 855. The lowest BCUT2D eigenvalue weighted by atomic mass is 10.0. The highest BCUT2D eigenvalue weighted by atomic mass is 32.2. The number of rotatable bonds is 4. The van der Waals surface area contributed by atoms with E-state index in [1.807, 2.05) is 49.4 Å². The van der Waals surface area contributed by atoms with Crippen LogP contribution in [0.15, 0.2) is 64.2 Å². The SMILES string of the molecule is C[C@H](NS(=O)(=O)c1cccs1)c1ccc2ccccc2c1. The number of hydrogen-bond acceptors (Lipinski definition) is 3. The van der Waals surface area contributed by atoms with Gasteiger partial charge < -0.3 is 0 Å². The van der Waals surface area contributed by atoms with Crippen LogP contribution in [-0.4, -0.2) is 8.42 Å². The first-order valence-corrected chi connectivity index (χ1v) is 8.97. The Hall–Kier alpha value is -1.69. The van der Waals surface area contributed by atoms with Gasteiger partial charge in [-0.3, -0.25) is 0 Å². The molecule has 0 fully saturated rings. The average molecular weight is 317 g/mol. The lowest BCUT2D eigenvalue weighted by molar-refractivity contribution is 0.569. The average Bonchev–Trinajstić information content (AvgIpc) is 3.01. The highest BCUT2D eigenvalue weighted by Crippen LogP contribution is 2.23. The van der Waals surface area contributed by atoms with Gasteiger partial charge in [0.05, 0.1) is 0 Å². The maximum atomic E-state index is 12.2. The molecule has 0 aliphatic carbocycles. The maximum absolute atomic E-state index is 12.2. The molecule has 0 aliphatic heterocycles. The fourth-order valence-electron chi connectivity index (χ4n) is 2.25. The Kier molecular flexibility index (Phi) is 3.80. The highest BCUT2D eigenvalue weighted by molar-refractivity contribution is 7.91. The van der Waals surface area contributed by atoms with Crippen molar-refractivity contribution in [2.24, 2.45) is 0 Å². The number of nitrogens with one attached hydrogen (secondary N) is 1. The zero-order valence-corrected chi connectivity index (χ0v) is 13.1. The smallest absolute Gasteiger partial charge is 0.206 e. The second kappa shape index (κ2) is 5.60. The van der Waals surface area contributed by atoms with E-state index < -0.39 is 10.0 Å². The maximum Gasteiger partial charge on any atom is 0.250 e. The zero-order valence-electron chi connectivity index (χ0n) is 11.5. The molecular formula is C16H15NO2S2. The van der Waals surface area contributed by atoms with Crippen molar-refractivity contribution in [3.8, 4) is 0 Å². The van der Waals surface area contributed by atoms with Crippen LogP contribution in [0.2, 0.25) is 0 Å². The predicted molar refractivity (Wildman–Crippen MR) is 87.0 cm³/mol. The molecule has 21 heavy (non-hydrogen) atoms. The van der Waals surface area contributed by atoms with Crippen LogP contribution in [0.25, 0.3) is 10.8 Å². The molecule has 0 saturated heterocycles. The van der Waals surface area contributed by atoms with Gasteiger partial charge in [0.1, 0.15) is 4.21 Å². The third kappa shape index (κ3) is 3.00. The third-order valence-electron chi connectivity index (χ3n) is 3.37. The van der Waals surface area contributed by atoms with Crippen molar-refractivity contribution in [2.75, 3.05) is 0 Å². The topological polar surface area (TPSA) is 46.2 Å². The molecule has 1 atom stereocenters. The first-order chi connectivity index (χ1) is 10.1. The molecule has 1 aromatic heterocycles. The Balaban J connectivity index is 1.89. The lowest BCUT2D eigenvalue weighted by Crippen LogP contribution is -2.26. The van der Waals surface area contributed by atoms with Crippen LogP contribution >= 0.6 is 11.3 Å². The van der Waals surface area contributed by atoms with E-state index in [1.165, 1.54) is 11.3 Å². The summed E-state index contributed by atoms with van der Waals surface area (Å²) >= 11 is 1.22. The van der Waals surface area contributed by atoms with Crippen LogP contribution in [0.1, 0.15) is 18.5 Å². The molecule has 3 aromatic rings. The summed E-state index contributed by atoms with van der Waals surface area (Å²) in [4.78, 5) is 0. The molecule has 0 bridgehead atoms. The van der Waals surface area contributed by atoms with Crippen LogP contribution in [0, 0.1) is 0 Å². The number of benzene rings is 2. The number of thiophene rings is 1. The van der Waals surface area contributed by atoms with Gasteiger partial charge in [0.25, 0.3) is 10.0 Å². The third-order valence-corrected chi connectivity index (χ3v) is 6.30. The second-order valence-electron chi connectivity index (χ2n) is 4.88. The van der Waals surface area contributed by atoms with Gasteiger partial charge in [0.2, 0.25) is 0 Å². The molecule has 0 saturated carbocycles. The fraction of sp³-hybridized carbons (Fsp3) is 0.125. The molecule has 0 aliphatic rings. The summed E-state index contributed by atoms with van der Waals surface area (Å²) in [6, 6.07) is 17.1. The second-order valence-corrected chi connectivity index (χ2v) is 7.77. The lowest BCUT2D eigenvalue weighted by Gasteiger charge is -2.14. The molecule has 5 heteroatoms. The minimum Gasteiger partial charge on any atom is -0.206 e. The van der Waals surface area contributed by atoms with Crippen molar-refractivity contribution in [2.45, 2.75) is 17.2 Å². The summed E-state index contributed by atoms with van der Waals surface area (Å²) in [6.45, 7) is 1.86. The first kappa shape index (κ1) is 14.3. The molecule has 3 nitrogen and oxygen atoms in total. The number of sulfonamides is 1. The minimum absolute atomic E-state index is 0.276. The molecule has 108 valence electrons. The Labute approximate surface area is 128 Å². The summed E-state index contributed by atoms with van der Waals surface area (Å²) in [7, 11) is -3.45. The van der Waals surface area contributed by atoms with E-state index in [9.17, 15) is 8.42 Å². The van der Waals surface area contributed by atoms with Gasteiger partial charge in [0.15, 0.2) is 0 Å². The summed E-state index contributed by atoms with van der Waals surface area (Å²) in [5, 5.41) is 4.02. The van der Waals surface area contributed by atoms with Gasteiger partial charge >= 0.3 is 0 Å². The standard InChI is InChI=1S/C16H15NO2S2/c1-12(17-21(18,19)16-7-4-10-20-16)14-9-8-13-5-2-3-6-15(13)11-14/h2-12,17H,1H3/t12-/m0/s1.